The Morgan fingerprint density at radius 2 is 1.80 bits per heavy atom. The average molecular weight is 368 g/mol. The first-order valence-corrected chi connectivity index (χ1v) is 10.3. The third kappa shape index (κ3) is 4.59. The summed E-state index contributed by atoms with van der Waals surface area (Å²) in [6.07, 6.45) is 1.79. The van der Waals surface area contributed by atoms with Crippen molar-refractivity contribution >= 4 is 15.9 Å². The van der Waals surface area contributed by atoms with Crippen LogP contribution in [0.4, 0.5) is 0 Å². The maximum Gasteiger partial charge on any atom is 0.253 e. The Balaban J connectivity index is 2.19. The molecule has 7 heteroatoms. The summed E-state index contributed by atoms with van der Waals surface area (Å²) < 4.78 is 32.4. The summed E-state index contributed by atoms with van der Waals surface area (Å²) in [7, 11) is -3.57. The lowest BCUT2D eigenvalue weighted by molar-refractivity contribution is 0.0393. The highest BCUT2D eigenvalue weighted by Crippen LogP contribution is 2.21. The number of morpholine rings is 1. The first-order chi connectivity index (χ1) is 11.9. The van der Waals surface area contributed by atoms with Gasteiger partial charge < -0.3 is 9.64 Å². The Morgan fingerprint density at radius 3 is 2.32 bits per heavy atom. The number of rotatable bonds is 7. The topological polar surface area (TPSA) is 66.9 Å². The second kappa shape index (κ2) is 8.78. The Hall–Kier alpha value is -1.44. The van der Waals surface area contributed by atoms with Gasteiger partial charge in [-0.1, -0.05) is 13.8 Å². The largest absolute Gasteiger partial charge is 0.378 e. The van der Waals surface area contributed by atoms with E-state index in [4.69, 9.17) is 4.74 Å². The van der Waals surface area contributed by atoms with Crippen molar-refractivity contribution in [3.63, 3.8) is 0 Å². The van der Waals surface area contributed by atoms with Gasteiger partial charge in [0.25, 0.3) is 5.91 Å². The van der Waals surface area contributed by atoms with E-state index in [1.54, 1.807) is 12.1 Å². The predicted molar refractivity (Wildman–Crippen MR) is 97.1 cm³/mol. The van der Waals surface area contributed by atoms with Crippen LogP contribution in [0.1, 0.15) is 44.0 Å². The van der Waals surface area contributed by atoms with E-state index in [2.05, 4.69) is 0 Å². The van der Waals surface area contributed by atoms with Gasteiger partial charge in [-0.15, -0.1) is 0 Å². The zero-order chi connectivity index (χ0) is 18.4. The van der Waals surface area contributed by atoms with Crippen molar-refractivity contribution in [1.29, 1.82) is 0 Å². The molecule has 1 atom stereocenters. The normalized spacial score (nSPS) is 18.9. The van der Waals surface area contributed by atoms with Gasteiger partial charge in [0.1, 0.15) is 0 Å². The molecular formula is C18H28N2O4S. The van der Waals surface area contributed by atoms with Crippen LogP contribution in [0.15, 0.2) is 29.2 Å². The molecule has 0 radical (unpaired) electrons. The van der Waals surface area contributed by atoms with Gasteiger partial charge in [0.15, 0.2) is 0 Å². The summed E-state index contributed by atoms with van der Waals surface area (Å²) >= 11 is 0. The molecule has 6 nitrogen and oxygen atoms in total. The van der Waals surface area contributed by atoms with E-state index in [1.807, 2.05) is 25.7 Å². The van der Waals surface area contributed by atoms with Gasteiger partial charge >= 0.3 is 0 Å². The molecule has 2 rings (SSSR count). The van der Waals surface area contributed by atoms with Crippen LogP contribution in [-0.4, -0.2) is 62.4 Å². The van der Waals surface area contributed by atoms with Crippen molar-refractivity contribution in [1.82, 2.24) is 9.21 Å². The van der Waals surface area contributed by atoms with Crippen molar-refractivity contribution in [3.05, 3.63) is 29.8 Å². The summed E-state index contributed by atoms with van der Waals surface area (Å²) in [5.41, 5.74) is 0.524. The lowest BCUT2D eigenvalue weighted by Crippen LogP contribution is -2.46. The van der Waals surface area contributed by atoms with Crippen LogP contribution in [0.25, 0.3) is 0 Å². The van der Waals surface area contributed by atoms with Crippen molar-refractivity contribution < 1.29 is 17.9 Å². The van der Waals surface area contributed by atoms with Gasteiger partial charge in [-0.25, -0.2) is 8.42 Å². The minimum Gasteiger partial charge on any atom is -0.378 e. The zero-order valence-electron chi connectivity index (χ0n) is 15.3. The van der Waals surface area contributed by atoms with Gasteiger partial charge in [0.05, 0.1) is 18.1 Å². The molecule has 1 fully saturated rings. The third-order valence-corrected chi connectivity index (χ3v) is 6.32. The van der Waals surface area contributed by atoms with Crippen molar-refractivity contribution in [2.45, 2.75) is 44.6 Å². The third-order valence-electron chi connectivity index (χ3n) is 4.29. The van der Waals surface area contributed by atoms with Crippen LogP contribution >= 0.6 is 0 Å². The fourth-order valence-electron chi connectivity index (χ4n) is 3.01. The summed E-state index contributed by atoms with van der Waals surface area (Å²) in [4.78, 5) is 14.6. The van der Waals surface area contributed by atoms with Crippen molar-refractivity contribution in [3.8, 4) is 0 Å². The molecule has 0 bridgehead atoms. The molecular weight excluding hydrogens is 340 g/mol. The monoisotopic (exact) mass is 368 g/mol. The standard InChI is InChI=1S/C18H28N2O4S/c1-4-10-19(11-5-2)18(21)16-6-8-17(9-7-16)25(22,23)20-12-13-24-14-15(20)3/h6-9,15H,4-5,10-14H2,1-3H3. The molecule has 1 aliphatic heterocycles. The molecule has 1 saturated heterocycles. The molecule has 1 unspecified atom stereocenters. The van der Waals surface area contributed by atoms with Gasteiger partial charge in [-0.2, -0.15) is 4.31 Å². The molecule has 1 amide bonds. The van der Waals surface area contributed by atoms with Crippen molar-refractivity contribution in [2.24, 2.45) is 0 Å². The maximum atomic E-state index is 12.8. The lowest BCUT2D eigenvalue weighted by Gasteiger charge is -2.32. The number of amides is 1. The minimum absolute atomic E-state index is 0.0487. The quantitative estimate of drug-likeness (QED) is 0.741. The highest BCUT2D eigenvalue weighted by atomic mass is 32.2. The molecule has 0 aliphatic carbocycles. The van der Waals surface area contributed by atoms with E-state index in [0.717, 1.165) is 12.8 Å². The molecule has 1 heterocycles. The van der Waals surface area contributed by atoms with Crippen LogP contribution < -0.4 is 0 Å². The Labute approximate surface area is 150 Å². The van der Waals surface area contributed by atoms with E-state index < -0.39 is 10.0 Å². The Bertz CT molecular complexity index is 667. The summed E-state index contributed by atoms with van der Waals surface area (Å²) in [6.45, 7) is 8.48. The zero-order valence-corrected chi connectivity index (χ0v) is 16.1. The number of carbonyl (C=O) groups excluding carboxylic acids is 1. The molecule has 0 saturated carbocycles. The smallest absolute Gasteiger partial charge is 0.253 e. The number of nitrogens with zero attached hydrogens (tertiary/aromatic N) is 2. The molecule has 1 aromatic rings. The number of hydrogen-bond acceptors (Lipinski definition) is 4. The number of benzene rings is 1. The Kier molecular flexibility index (Phi) is 6.98. The van der Waals surface area contributed by atoms with Crippen LogP contribution in [-0.2, 0) is 14.8 Å². The van der Waals surface area contributed by atoms with Crippen LogP contribution in [0.3, 0.4) is 0 Å². The molecule has 1 aliphatic rings. The highest BCUT2D eigenvalue weighted by Gasteiger charge is 2.31. The fraction of sp³-hybridized carbons (Fsp3) is 0.611. The SMILES string of the molecule is CCCN(CCC)C(=O)c1ccc(S(=O)(=O)N2CCOCC2C)cc1. The van der Waals surface area contributed by atoms with Crippen LogP contribution in [0.5, 0.6) is 0 Å². The summed E-state index contributed by atoms with van der Waals surface area (Å²) in [5.74, 6) is -0.0487. The minimum atomic E-state index is -3.57. The molecule has 1 aromatic carbocycles. The van der Waals surface area contributed by atoms with E-state index >= 15 is 0 Å². The first kappa shape index (κ1) is 19.9. The molecule has 0 spiro atoms. The van der Waals surface area contributed by atoms with Crippen molar-refractivity contribution in [2.75, 3.05) is 32.8 Å². The summed E-state index contributed by atoms with van der Waals surface area (Å²) in [6, 6.07) is 6.09. The number of sulfonamides is 1. The van der Waals surface area contributed by atoms with Crippen LogP contribution in [0, 0.1) is 0 Å². The van der Waals surface area contributed by atoms with Gasteiger partial charge in [0, 0.05) is 31.2 Å². The second-order valence-corrected chi connectivity index (χ2v) is 8.25. The van der Waals surface area contributed by atoms with E-state index in [0.29, 0.717) is 38.4 Å². The van der Waals surface area contributed by atoms with Gasteiger partial charge in [-0.3, -0.25) is 4.79 Å². The van der Waals surface area contributed by atoms with E-state index in [9.17, 15) is 13.2 Å². The number of ether oxygens (including phenoxy) is 1. The Morgan fingerprint density at radius 1 is 1.20 bits per heavy atom. The second-order valence-electron chi connectivity index (χ2n) is 6.36. The lowest BCUT2D eigenvalue weighted by atomic mass is 10.2. The highest BCUT2D eigenvalue weighted by molar-refractivity contribution is 7.89. The van der Waals surface area contributed by atoms with Gasteiger partial charge in [-0.05, 0) is 44.0 Å². The van der Waals surface area contributed by atoms with Gasteiger partial charge in [0.2, 0.25) is 10.0 Å². The molecule has 0 N–H and O–H groups in total. The average Bonchev–Trinajstić information content (AvgIpc) is 2.61. The molecule has 25 heavy (non-hydrogen) atoms. The number of hydrogen-bond donors (Lipinski definition) is 0. The predicted octanol–water partition coefficient (Wildman–Crippen LogP) is 2.36. The van der Waals surface area contributed by atoms with E-state index in [1.165, 1.54) is 16.4 Å². The maximum absolute atomic E-state index is 12.8. The summed E-state index contributed by atoms with van der Waals surface area (Å²) in [5, 5.41) is 0. The number of carbonyl (C=O) groups is 1. The fourth-order valence-corrected chi connectivity index (χ4v) is 4.61. The molecule has 0 aromatic heterocycles. The van der Waals surface area contributed by atoms with Crippen LogP contribution in [0.2, 0.25) is 0 Å². The first-order valence-electron chi connectivity index (χ1n) is 8.90. The van der Waals surface area contributed by atoms with E-state index in [-0.39, 0.29) is 16.8 Å². The molecule has 140 valence electrons.